The molecule has 0 amide bonds. The summed E-state index contributed by atoms with van der Waals surface area (Å²) in [6.07, 6.45) is 0. The van der Waals surface area contributed by atoms with Crippen LogP contribution in [0.1, 0.15) is 35.5 Å². The Balaban J connectivity index is 2.01. The predicted molar refractivity (Wildman–Crippen MR) is 72.5 cm³/mol. The van der Waals surface area contributed by atoms with Crippen LogP contribution in [0.3, 0.4) is 0 Å². The van der Waals surface area contributed by atoms with Gasteiger partial charge in [-0.15, -0.1) is 0 Å². The van der Waals surface area contributed by atoms with Gasteiger partial charge in [0.2, 0.25) is 5.95 Å². The Labute approximate surface area is 108 Å². The van der Waals surface area contributed by atoms with Crippen LogP contribution in [0.15, 0.2) is 30.3 Å². The molecule has 0 N–H and O–H groups in total. The van der Waals surface area contributed by atoms with E-state index in [-0.39, 0.29) is 0 Å². The summed E-state index contributed by atoms with van der Waals surface area (Å²) in [4.78, 5) is 11.4. The molecule has 0 saturated carbocycles. The molecule has 0 aliphatic carbocycles. The third-order valence-corrected chi connectivity index (χ3v) is 3.54. The largest absolute Gasteiger partial charge is 0.330 e. The molecule has 0 radical (unpaired) electrons. The highest BCUT2D eigenvalue weighted by Gasteiger charge is 2.28. The molecule has 3 nitrogen and oxygen atoms in total. The first-order valence-corrected chi connectivity index (χ1v) is 6.32. The van der Waals surface area contributed by atoms with Crippen LogP contribution in [0.2, 0.25) is 0 Å². The standard InChI is InChI=1S/C15H17N3/c1-10-8-11(2)17-15(16-10)18-9-13-6-4-5-7-14(13)12(18)3/h4-8,12H,9H2,1-3H3/t12-/m0/s1. The van der Waals surface area contributed by atoms with Crippen LogP contribution in [0.4, 0.5) is 5.95 Å². The summed E-state index contributed by atoms with van der Waals surface area (Å²) in [5.41, 5.74) is 4.83. The number of aryl methyl sites for hydroxylation is 2. The van der Waals surface area contributed by atoms with Gasteiger partial charge in [-0.1, -0.05) is 24.3 Å². The highest BCUT2D eigenvalue weighted by molar-refractivity contribution is 5.47. The summed E-state index contributed by atoms with van der Waals surface area (Å²) < 4.78 is 0. The molecule has 1 aromatic carbocycles. The van der Waals surface area contributed by atoms with Crippen molar-refractivity contribution in [1.29, 1.82) is 0 Å². The van der Waals surface area contributed by atoms with E-state index in [1.807, 2.05) is 19.9 Å². The lowest BCUT2D eigenvalue weighted by molar-refractivity contribution is 0.701. The molecule has 1 aliphatic rings. The fourth-order valence-corrected chi connectivity index (χ4v) is 2.65. The van der Waals surface area contributed by atoms with Gasteiger partial charge in [0.25, 0.3) is 0 Å². The van der Waals surface area contributed by atoms with Gasteiger partial charge in [-0.3, -0.25) is 0 Å². The molecule has 18 heavy (non-hydrogen) atoms. The average Bonchev–Trinajstić information content (AvgIpc) is 2.66. The lowest BCUT2D eigenvalue weighted by Gasteiger charge is -2.22. The van der Waals surface area contributed by atoms with Crippen LogP contribution in [-0.4, -0.2) is 9.97 Å². The van der Waals surface area contributed by atoms with E-state index in [2.05, 4.69) is 46.1 Å². The second-order valence-corrected chi connectivity index (χ2v) is 4.95. The number of hydrogen-bond acceptors (Lipinski definition) is 3. The van der Waals surface area contributed by atoms with Gasteiger partial charge in [-0.25, -0.2) is 9.97 Å². The maximum Gasteiger partial charge on any atom is 0.226 e. The highest BCUT2D eigenvalue weighted by Crippen LogP contribution is 2.35. The quantitative estimate of drug-likeness (QED) is 0.765. The minimum absolute atomic E-state index is 0.349. The molecule has 0 saturated heterocycles. The third-order valence-electron chi connectivity index (χ3n) is 3.54. The van der Waals surface area contributed by atoms with E-state index in [9.17, 15) is 0 Å². The van der Waals surface area contributed by atoms with E-state index in [0.29, 0.717) is 6.04 Å². The van der Waals surface area contributed by atoms with E-state index in [0.717, 1.165) is 23.9 Å². The molecule has 2 heterocycles. The van der Waals surface area contributed by atoms with Gasteiger partial charge >= 0.3 is 0 Å². The molecule has 0 spiro atoms. The fraction of sp³-hybridized carbons (Fsp3) is 0.333. The molecule has 0 unspecified atom stereocenters. The smallest absolute Gasteiger partial charge is 0.226 e. The van der Waals surface area contributed by atoms with E-state index in [1.165, 1.54) is 11.1 Å². The first kappa shape index (κ1) is 11.2. The summed E-state index contributed by atoms with van der Waals surface area (Å²) in [5.74, 6) is 0.844. The first-order valence-electron chi connectivity index (χ1n) is 6.32. The Morgan fingerprint density at radius 2 is 1.78 bits per heavy atom. The number of aromatic nitrogens is 2. The SMILES string of the molecule is Cc1cc(C)nc(N2Cc3ccccc3[C@@H]2C)n1. The van der Waals surface area contributed by atoms with Crippen LogP contribution in [-0.2, 0) is 6.54 Å². The van der Waals surface area contributed by atoms with Crippen molar-refractivity contribution in [1.82, 2.24) is 9.97 Å². The van der Waals surface area contributed by atoms with Gasteiger partial charge in [0, 0.05) is 17.9 Å². The maximum absolute atomic E-state index is 4.56. The van der Waals surface area contributed by atoms with Crippen LogP contribution >= 0.6 is 0 Å². The van der Waals surface area contributed by atoms with E-state index >= 15 is 0 Å². The Morgan fingerprint density at radius 1 is 1.11 bits per heavy atom. The van der Waals surface area contributed by atoms with Crippen molar-refractivity contribution in [3.8, 4) is 0 Å². The van der Waals surface area contributed by atoms with E-state index in [4.69, 9.17) is 0 Å². The lowest BCUT2D eigenvalue weighted by atomic mass is 10.1. The minimum atomic E-state index is 0.349. The van der Waals surface area contributed by atoms with E-state index < -0.39 is 0 Å². The Kier molecular flexibility index (Phi) is 2.54. The molecule has 0 fully saturated rings. The number of benzene rings is 1. The van der Waals surface area contributed by atoms with Crippen molar-refractivity contribution in [2.45, 2.75) is 33.4 Å². The first-order chi connectivity index (χ1) is 8.65. The monoisotopic (exact) mass is 239 g/mol. The van der Waals surface area contributed by atoms with Crippen LogP contribution < -0.4 is 4.90 Å². The van der Waals surface area contributed by atoms with Crippen LogP contribution in [0, 0.1) is 13.8 Å². The van der Waals surface area contributed by atoms with Crippen molar-refractivity contribution in [2.75, 3.05) is 4.90 Å². The normalized spacial score (nSPS) is 17.9. The van der Waals surface area contributed by atoms with Crippen molar-refractivity contribution in [2.24, 2.45) is 0 Å². The number of rotatable bonds is 1. The van der Waals surface area contributed by atoms with Crippen LogP contribution in [0.25, 0.3) is 0 Å². The number of fused-ring (bicyclic) bond motifs is 1. The zero-order valence-corrected chi connectivity index (χ0v) is 11.0. The average molecular weight is 239 g/mol. The number of nitrogens with zero attached hydrogens (tertiary/aromatic N) is 3. The summed E-state index contributed by atoms with van der Waals surface area (Å²) in [5, 5.41) is 0. The van der Waals surface area contributed by atoms with Crippen molar-refractivity contribution < 1.29 is 0 Å². The van der Waals surface area contributed by atoms with Gasteiger partial charge < -0.3 is 4.90 Å². The molecule has 0 bridgehead atoms. The van der Waals surface area contributed by atoms with Gasteiger partial charge in [-0.05, 0) is 38.0 Å². The molecule has 2 aromatic rings. The zero-order chi connectivity index (χ0) is 12.7. The second-order valence-electron chi connectivity index (χ2n) is 4.95. The Hall–Kier alpha value is -1.90. The summed E-state index contributed by atoms with van der Waals surface area (Å²) >= 11 is 0. The third kappa shape index (κ3) is 1.76. The molecule has 3 heteroatoms. The van der Waals surface area contributed by atoms with Gasteiger partial charge in [0.05, 0.1) is 6.04 Å². The fourth-order valence-electron chi connectivity index (χ4n) is 2.65. The molecular formula is C15H17N3. The molecule has 1 aliphatic heterocycles. The highest BCUT2D eigenvalue weighted by atomic mass is 15.3. The van der Waals surface area contributed by atoms with Gasteiger partial charge in [-0.2, -0.15) is 0 Å². The maximum atomic E-state index is 4.56. The topological polar surface area (TPSA) is 29.0 Å². The summed E-state index contributed by atoms with van der Waals surface area (Å²) in [6.45, 7) is 7.16. The number of hydrogen-bond donors (Lipinski definition) is 0. The minimum Gasteiger partial charge on any atom is -0.330 e. The molecule has 1 atom stereocenters. The molecule has 92 valence electrons. The van der Waals surface area contributed by atoms with Crippen LogP contribution in [0.5, 0.6) is 0 Å². The number of anilines is 1. The van der Waals surface area contributed by atoms with Gasteiger partial charge in [0.15, 0.2) is 0 Å². The van der Waals surface area contributed by atoms with E-state index in [1.54, 1.807) is 0 Å². The Morgan fingerprint density at radius 3 is 2.44 bits per heavy atom. The summed E-state index contributed by atoms with van der Waals surface area (Å²) in [6, 6.07) is 10.9. The molecule has 1 aromatic heterocycles. The van der Waals surface area contributed by atoms with Crippen molar-refractivity contribution in [3.05, 3.63) is 52.8 Å². The van der Waals surface area contributed by atoms with Crippen molar-refractivity contribution in [3.63, 3.8) is 0 Å². The second kappa shape index (κ2) is 4.09. The van der Waals surface area contributed by atoms with Gasteiger partial charge in [0.1, 0.15) is 0 Å². The Bertz CT molecular complexity index is 572. The van der Waals surface area contributed by atoms with Crippen molar-refractivity contribution >= 4 is 5.95 Å². The lowest BCUT2D eigenvalue weighted by Crippen LogP contribution is -2.22. The molecular weight excluding hydrogens is 222 g/mol. The predicted octanol–water partition coefficient (Wildman–Crippen LogP) is 3.17. The zero-order valence-electron chi connectivity index (χ0n) is 11.0. The summed E-state index contributed by atoms with van der Waals surface area (Å²) in [7, 11) is 0. The molecule has 3 rings (SSSR count).